The van der Waals surface area contributed by atoms with Gasteiger partial charge in [-0.25, -0.2) is 4.98 Å². The van der Waals surface area contributed by atoms with Crippen LogP contribution < -0.4 is 0 Å². The van der Waals surface area contributed by atoms with Crippen LogP contribution in [0, 0.1) is 13.8 Å². The number of hydrogen-bond donors (Lipinski definition) is 0. The summed E-state index contributed by atoms with van der Waals surface area (Å²) in [6.45, 7) is 10.5. The Morgan fingerprint density at radius 1 is 1.25 bits per heavy atom. The van der Waals surface area contributed by atoms with Gasteiger partial charge in [-0.2, -0.15) is 0 Å². The van der Waals surface area contributed by atoms with Crippen LogP contribution in [0.2, 0.25) is 0 Å². The number of carbonyl (C=O) groups is 1. The molecule has 1 aromatic heterocycles. The van der Waals surface area contributed by atoms with Crippen LogP contribution in [0.3, 0.4) is 0 Å². The zero-order valence-corrected chi connectivity index (χ0v) is 14.0. The van der Waals surface area contributed by atoms with Crippen LogP contribution in [-0.2, 0) is 11.2 Å². The highest BCUT2D eigenvalue weighted by atomic mass is 32.1. The van der Waals surface area contributed by atoms with Gasteiger partial charge in [0, 0.05) is 4.88 Å². The van der Waals surface area contributed by atoms with Crippen LogP contribution in [-0.4, -0.2) is 34.3 Å². The van der Waals surface area contributed by atoms with Gasteiger partial charge in [-0.1, -0.05) is 13.8 Å². The summed E-state index contributed by atoms with van der Waals surface area (Å²) >= 11 is 1.67. The summed E-state index contributed by atoms with van der Waals surface area (Å²) in [5.41, 5.74) is 0.807. The van der Waals surface area contributed by atoms with Crippen molar-refractivity contribution >= 4 is 17.1 Å². The Kier molecular flexibility index (Phi) is 4.97. The summed E-state index contributed by atoms with van der Waals surface area (Å²) in [5.74, 6) is 0.359. The first-order chi connectivity index (χ1) is 9.53. The number of ketones is 1. The van der Waals surface area contributed by atoms with Crippen LogP contribution in [0.4, 0.5) is 0 Å². The molecule has 0 aliphatic carbocycles. The number of Topliss-reactive ketones (excluding diaryl/α,β-unsaturated/α-hetero) is 1. The van der Waals surface area contributed by atoms with E-state index in [1.807, 2.05) is 6.92 Å². The molecule has 0 amide bonds. The van der Waals surface area contributed by atoms with Crippen molar-refractivity contribution in [3.63, 3.8) is 0 Å². The Morgan fingerprint density at radius 3 is 2.30 bits per heavy atom. The average molecular weight is 294 g/mol. The molecule has 1 aliphatic rings. The van der Waals surface area contributed by atoms with Crippen molar-refractivity contribution in [2.24, 2.45) is 0 Å². The van der Waals surface area contributed by atoms with E-state index >= 15 is 0 Å². The van der Waals surface area contributed by atoms with E-state index in [0.29, 0.717) is 12.2 Å². The molecule has 1 aliphatic heterocycles. The van der Waals surface area contributed by atoms with Gasteiger partial charge in [0.05, 0.1) is 17.7 Å². The van der Waals surface area contributed by atoms with E-state index in [1.165, 1.54) is 17.7 Å². The molecule has 0 atom stereocenters. The van der Waals surface area contributed by atoms with Crippen LogP contribution in [0.1, 0.15) is 55.1 Å². The van der Waals surface area contributed by atoms with Gasteiger partial charge in [-0.3, -0.25) is 9.69 Å². The first kappa shape index (κ1) is 15.6. The number of carbonyl (C=O) groups excluding carboxylic acids is 1. The number of aryl methyl sites for hydroxylation is 2. The summed E-state index contributed by atoms with van der Waals surface area (Å²) in [6.07, 6.45) is 4.77. The predicted molar refractivity (Wildman–Crippen MR) is 84.4 cm³/mol. The highest BCUT2D eigenvalue weighted by molar-refractivity contribution is 7.11. The topological polar surface area (TPSA) is 33.2 Å². The van der Waals surface area contributed by atoms with Gasteiger partial charge in [0.2, 0.25) is 0 Å². The molecular weight excluding hydrogens is 268 g/mol. The fraction of sp³-hybridized carbons (Fsp3) is 0.750. The molecule has 4 heteroatoms. The molecule has 0 spiro atoms. The summed E-state index contributed by atoms with van der Waals surface area (Å²) in [6, 6.07) is 0. The lowest BCUT2D eigenvalue weighted by Gasteiger charge is -2.39. The Labute approximate surface area is 126 Å². The van der Waals surface area contributed by atoms with Gasteiger partial charge in [0.15, 0.2) is 5.78 Å². The number of thiazole rings is 1. The molecule has 2 heterocycles. The molecule has 0 unspecified atom stereocenters. The number of nitrogens with zero attached hydrogens (tertiary/aromatic N) is 2. The van der Waals surface area contributed by atoms with Crippen molar-refractivity contribution in [3.8, 4) is 0 Å². The molecule has 0 N–H and O–H groups in total. The Morgan fingerprint density at radius 2 is 1.85 bits per heavy atom. The van der Waals surface area contributed by atoms with E-state index < -0.39 is 0 Å². The lowest BCUT2D eigenvalue weighted by Crippen LogP contribution is -2.53. The summed E-state index contributed by atoms with van der Waals surface area (Å²) < 4.78 is 0. The lowest BCUT2D eigenvalue weighted by molar-refractivity contribution is -0.130. The maximum Gasteiger partial charge on any atom is 0.159 e. The van der Waals surface area contributed by atoms with E-state index in [-0.39, 0.29) is 5.54 Å². The summed E-state index contributed by atoms with van der Waals surface area (Å²) in [4.78, 5) is 21.1. The summed E-state index contributed by atoms with van der Waals surface area (Å²) in [5, 5.41) is 0.982. The van der Waals surface area contributed by atoms with Gasteiger partial charge in [0.1, 0.15) is 5.01 Å². The summed E-state index contributed by atoms with van der Waals surface area (Å²) in [7, 11) is 0. The molecule has 1 saturated heterocycles. The minimum Gasteiger partial charge on any atom is -0.297 e. The van der Waals surface area contributed by atoms with Crippen molar-refractivity contribution < 1.29 is 4.79 Å². The molecule has 2 rings (SSSR count). The van der Waals surface area contributed by atoms with Gasteiger partial charge in [-0.15, -0.1) is 11.3 Å². The van der Waals surface area contributed by atoms with Crippen molar-refractivity contribution in [2.45, 2.75) is 65.3 Å². The fourth-order valence-corrected chi connectivity index (χ4v) is 4.26. The minimum atomic E-state index is -0.260. The Hall–Kier alpha value is -0.740. The maximum atomic E-state index is 12.9. The Balaban J connectivity index is 2.18. The fourth-order valence-electron chi connectivity index (χ4n) is 3.33. The highest BCUT2D eigenvalue weighted by Gasteiger charge is 2.41. The lowest BCUT2D eigenvalue weighted by atomic mass is 9.84. The first-order valence-electron chi connectivity index (χ1n) is 7.74. The van der Waals surface area contributed by atoms with E-state index in [9.17, 15) is 4.79 Å². The quantitative estimate of drug-likeness (QED) is 0.805. The van der Waals surface area contributed by atoms with E-state index in [4.69, 9.17) is 0 Å². The van der Waals surface area contributed by atoms with Crippen LogP contribution >= 0.6 is 11.3 Å². The van der Waals surface area contributed by atoms with Gasteiger partial charge in [-0.05, 0) is 52.6 Å². The third-order valence-corrected chi connectivity index (χ3v) is 5.86. The molecule has 0 radical (unpaired) electrons. The number of likely N-dealkylation sites (tertiary alicyclic amines) is 1. The second-order valence-corrected chi connectivity index (χ2v) is 7.07. The van der Waals surface area contributed by atoms with Crippen molar-refractivity contribution in [3.05, 3.63) is 15.6 Å². The van der Waals surface area contributed by atoms with Gasteiger partial charge >= 0.3 is 0 Å². The van der Waals surface area contributed by atoms with E-state index in [1.54, 1.807) is 11.3 Å². The SMILES string of the molecule is CCC(CC)(C(=O)Cc1nc(C)c(C)s1)N1CCCC1. The van der Waals surface area contributed by atoms with Crippen molar-refractivity contribution in [1.82, 2.24) is 9.88 Å². The molecule has 20 heavy (non-hydrogen) atoms. The molecule has 1 fully saturated rings. The third kappa shape index (κ3) is 2.82. The van der Waals surface area contributed by atoms with Crippen molar-refractivity contribution in [2.75, 3.05) is 13.1 Å². The van der Waals surface area contributed by atoms with Gasteiger partial charge in [0.25, 0.3) is 0 Å². The second kappa shape index (κ2) is 6.35. The molecule has 3 nitrogen and oxygen atoms in total. The largest absolute Gasteiger partial charge is 0.297 e. The zero-order valence-electron chi connectivity index (χ0n) is 13.2. The standard InChI is InChI=1S/C16H26N2OS/c1-5-16(6-2,18-9-7-8-10-18)14(19)11-15-17-12(3)13(4)20-15/h5-11H2,1-4H3. The molecule has 112 valence electrons. The second-order valence-electron chi connectivity index (χ2n) is 5.78. The normalized spacial score (nSPS) is 16.8. The molecular formula is C16H26N2OS. The van der Waals surface area contributed by atoms with Crippen LogP contribution in [0.5, 0.6) is 0 Å². The number of aromatic nitrogens is 1. The minimum absolute atomic E-state index is 0.260. The van der Waals surface area contributed by atoms with Gasteiger partial charge < -0.3 is 0 Å². The number of hydrogen-bond acceptors (Lipinski definition) is 4. The molecule has 0 saturated carbocycles. The zero-order chi connectivity index (χ0) is 14.8. The molecule has 1 aromatic rings. The first-order valence-corrected chi connectivity index (χ1v) is 8.56. The molecule has 0 bridgehead atoms. The number of rotatable bonds is 6. The predicted octanol–water partition coefficient (Wildman–Crippen LogP) is 3.53. The van der Waals surface area contributed by atoms with Crippen LogP contribution in [0.15, 0.2) is 0 Å². The Bertz CT molecular complexity index is 451. The molecule has 0 aromatic carbocycles. The average Bonchev–Trinajstić information content (AvgIpc) is 3.04. The van der Waals surface area contributed by atoms with E-state index in [0.717, 1.165) is 36.6 Å². The maximum absolute atomic E-state index is 12.9. The highest BCUT2D eigenvalue weighted by Crippen LogP contribution is 2.31. The smallest absolute Gasteiger partial charge is 0.159 e. The van der Waals surface area contributed by atoms with Crippen LogP contribution in [0.25, 0.3) is 0 Å². The third-order valence-electron chi connectivity index (χ3n) is 4.78. The van der Waals surface area contributed by atoms with Crippen molar-refractivity contribution in [1.29, 1.82) is 0 Å². The monoisotopic (exact) mass is 294 g/mol. The van der Waals surface area contributed by atoms with E-state index in [2.05, 4.69) is 30.7 Å².